The van der Waals surface area contributed by atoms with E-state index in [9.17, 15) is 9.59 Å². The number of nitrogens with two attached hydrogens (primary N) is 1. The van der Waals surface area contributed by atoms with E-state index >= 15 is 0 Å². The molecule has 0 saturated heterocycles. The number of aliphatic hydroxyl groups is 1. The molecule has 6 nitrogen and oxygen atoms in total. The summed E-state index contributed by atoms with van der Waals surface area (Å²) in [6.07, 6.45) is 0.457. The van der Waals surface area contributed by atoms with Gasteiger partial charge < -0.3 is 21.5 Å². The van der Waals surface area contributed by atoms with Crippen LogP contribution >= 0.6 is 0 Å². The Morgan fingerprint density at radius 3 is 2.33 bits per heavy atom. The third-order valence-corrected chi connectivity index (χ3v) is 2.66. The minimum Gasteiger partial charge on any atom is -0.396 e. The molecule has 2 amide bonds. The summed E-state index contributed by atoms with van der Waals surface area (Å²) >= 11 is 0. The van der Waals surface area contributed by atoms with Crippen molar-refractivity contribution >= 4 is 11.8 Å². The topological polar surface area (TPSA) is 104 Å². The number of carbonyl (C=O) groups is 2. The molecule has 0 fully saturated rings. The summed E-state index contributed by atoms with van der Waals surface area (Å²) < 4.78 is 0. The molecule has 0 heterocycles. The van der Waals surface area contributed by atoms with Crippen LogP contribution in [0.3, 0.4) is 0 Å². The van der Waals surface area contributed by atoms with Crippen LogP contribution in [0.1, 0.15) is 34.1 Å². The summed E-state index contributed by atoms with van der Waals surface area (Å²) in [6.45, 7) is 7.20. The van der Waals surface area contributed by atoms with Gasteiger partial charge in [0.25, 0.3) is 0 Å². The van der Waals surface area contributed by atoms with Gasteiger partial charge in [-0.1, -0.05) is 13.8 Å². The van der Waals surface area contributed by atoms with Crippen LogP contribution in [-0.2, 0) is 9.59 Å². The fourth-order valence-corrected chi connectivity index (χ4v) is 1.35. The fraction of sp³-hybridized carbons (Fsp3) is 0.833. The smallest absolute Gasteiger partial charge is 0.239 e. The molecule has 0 radical (unpaired) electrons. The van der Waals surface area contributed by atoms with Crippen molar-refractivity contribution in [1.82, 2.24) is 10.6 Å². The lowest BCUT2D eigenvalue weighted by molar-refractivity contribution is -0.128. The Morgan fingerprint density at radius 1 is 1.33 bits per heavy atom. The van der Waals surface area contributed by atoms with E-state index in [2.05, 4.69) is 10.6 Å². The van der Waals surface area contributed by atoms with E-state index < -0.39 is 11.6 Å². The van der Waals surface area contributed by atoms with Crippen LogP contribution in [0.15, 0.2) is 0 Å². The summed E-state index contributed by atoms with van der Waals surface area (Å²) in [5, 5.41) is 14.0. The third kappa shape index (κ3) is 6.56. The van der Waals surface area contributed by atoms with E-state index in [1.165, 1.54) is 0 Å². The highest BCUT2D eigenvalue weighted by molar-refractivity contribution is 5.87. The first-order chi connectivity index (χ1) is 8.19. The molecule has 0 aromatic carbocycles. The van der Waals surface area contributed by atoms with Gasteiger partial charge in [-0.2, -0.15) is 0 Å². The fourth-order valence-electron chi connectivity index (χ4n) is 1.35. The molecule has 18 heavy (non-hydrogen) atoms. The number of carbonyl (C=O) groups excluding carboxylic acids is 2. The minimum atomic E-state index is -0.608. The molecule has 0 spiro atoms. The van der Waals surface area contributed by atoms with Crippen molar-refractivity contribution < 1.29 is 14.7 Å². The largest absolute Gasteiger partial charge is 0.396 e. The second-order valence-corrected chi connectivity index (χ2v) is 5.39. The second-order valence-electron chi connectivity index (χ2n) is 5.39. The standard InChI is InChI=1S/C12H25N3O3/c1-8(2)10(13)11(18)14-7-9(17)15-12(3,4)5-6-16/h8,10,16H,5-7,13H2,1-4H3,(H,14,18)(H,15,17)/t10-/m0/s1. The summed E-state index contributed by atoms with van der Waals surface area (Å²) in [4.78, 5) is 23.1. The van der Waals surface area contributed by atoms with Gasteiger partial charge in [-0.05, 0) is 26.2 Å². The predicted molar refractivity (Wildman–Crippen MR) is 69.7 cm³/mol. The van der Waals surface area contributed by atoms with Crippen LogP contribution in [0.4, 0.5) is 0 Å². The van der Waals surface area contributed by atoms with Crippen LogP contribution in [0, 0.1) is 5.92 Å². The number of amides is 2. The molecule has 0 saturated carbocycles. The van der Waals surface area contributed by atoms with Crippen molar-refractivity contribution in [3.63, 3.8) is 0 Å². The molecule has 1 atom stereocenters. The van der Waals surface area contributed by atoms with E-state index in [1.54, 1.807) is 0 Å². The number of nitrogens with one attached hydrogen (secondary N) is 2. The predicted octanol–water partition coefficient (Wildman–Crippen LogP) is -0.637. The molecule has 0 unspecified atom stereocenters. The molecule has 0 bridgehead atoms. The minimum absolute atomic E-state index is 0.00212. The highest BCUT2D eigenvalue weighted by Gasteiger charge is 2.21. The van der Waals surface area contributed by atoms with E-state index in [4.69, 9.17) is 10.8 Å². The highest BCUT2D eigenvalue weighted by Crippen LogP contribution is 2.06. The summed E-state index contributed by atoms with van der Waals surface area (Å²) in [7, 11) is 0. The van der Waals surface area contributed by atoms with Crippen molar-refractivity contribution in [2.45, 2.75) is 45.7 Å². The average Bonchev–Trinajstić information content (AvgIpc) is 2.23. The Hall–Kier alpha value is -1.14. The van der Waals surface area contributed by atoms with Gasteiger partial charge >= 0.3 is 0 Å². The van der Waals surface area contributed by atoms with Gasteiger partial charge in [0.1, 0.15) is 0 Å². The molecule has 0 aliphatic carbocycles. The van der Waals surface area contributed by atoms with E-state index in [1.807, 2.05) is 27.7 Å². The molecule has 0 rings (SSSR count). The van der Waals surface area contributed by atoms with E-state index in [0.717, 1.165) is 0 Å². The number of rotatable bonds is 7. The zero-order valence-corrected chi connectivity index (χ0v) is 11.6. The lowest BCUT2D eigenvalue weighted by Gasteiger charge is -2.25. The van der Waals surface area contributed by atoms with Gasteiger partial charge in [-0.15, -0.1) is 0 Å². The maximum atomic E-state index is 11.6. The lowest BCUT2D eigenvalue weighted by atomic mass is 10.0. The number of hydrogen-bond donors (Lipinski definition) is 4. The first-order valence-corrected chi connectivity index (χ1v) is 6.15. The van der Waals surface area contributed by atoms with Crippen molar-refractivity contribution in [1.29, 1.82) is 0 Å². The first-order valence-electron chi connectivity index (χ1n) is 6.15. The Balaban J connectivity index is 4.08. The number of aliphatic hydroxyl groups excluding tert-OH is 1. The van der Waals surface area contributed by atoms with Gasteiger partial charge in [-0.3, -0.25) is 9.59 Å². The zero-order valence-electron chi connectivity index (χ0n) is 11.6. The SMILES string of the molecule is CC(C)[C@H](N)C(=O)NCC(=O)NC(C)(C)CCO. The van der Waals surface area contributed by atoms with Crippen molar-refractivity contribution in [2.75, 3.05) is 13.2 Å². The molecular formula is C12H25N3O3. The highest BCUT2D eigenvalue weighted by atomic mass is 16.3. The van der Waals surface area contributed by atoms with E-state index in [-0.39, 0.29) is 30.9 Å². The monoisotopic (exact) mass is 259 g/mol. The second kappa shape index (κ2) is 7.33. The van der Waals surface area contributed by atoms with Gasteiger partial charge in [0.2, 0.25) is 11.8 Å². The summed E-state index contributed by atoms with van der Waals surface area (Å²) in [5.41, 5.74) is 5.16. The first kappa shape index (κ1) is 16.9. The average molecular weight is 259 g/mol. The van der Waals surface area contributed by atoms with Crippen LogP contribution in [0.2, 0.25) is 0 Å². The van der Waals surface area contributed by atoms with Gasteiger partial charge in [-0.25, -0.2) is 0 Å². The van der Waals surface area contributed by atoms with Gasteiger partial charge in [0, 0.05) is 12.1 Å². The molecule has 0 aromatic rings. The van der Waals surface area contributed by atoms with Crippen LogP contribution in [-0.4, -0.2) is 41.7 Å². The number of hydrogen-bond acceptors (Lipinski definition) is 4. The van der Waals surface area contributed by atoms with Gasteiger partial charge in [0.15, 0.2) is 0 Å². The van der Waals surface area contributed by atoms with Crippen molar-refractivity contribution in [3.8, 4) is 0 Å². The Bertz CT molecular complexity index is 290. The molecule has 0 aromatic heterocycles. The maximum Gasteiger partial charge on any atom is 0.239 e. The third-order valence-electron chi connectivity index (χ3n) is 2.66. The van der Waals surface area contributed by atoms with Crippen LogP contribution < -0.4 is 16.4 Å². The normalized spacial score (nSPS) is 13.3. The zero-order chi connectivity index (χ0) is 14.3. The van der Waals surface area contributed by atoms with Gasteiger partial charge in [0.05, 0.1) is 12.6 Å². The van der Waals surface area contributed by atoms with Crippen molar-refractivity contribution in [3.05, 3.63) is 0 Å². The van der Waals surface area contributed by atoms with Crippen LogP contribution in [0.5, 0.6) is 0 Å². The summed E-state index contributed by atoms with van der Waals surface area (Å²) in [6, 6.07) is -0.608. The molecule has 6 heteroatoms. The molecule has 0 aliphatic rings. The summed E-state index contributed by atoms with van der Waals surface area (Å²) in [5.74, 6) is -0.600. The Morgan fingerprint density at radius 2 is 1.89 bits per heavy atom. The molecule has 0 aliphatic heterocycles. The molecule has 106 valence electrons. The van der Waals surface area contributed by atoms with Crippen LogP contribution in [0.25, 0.3) is 0 Å². The molecular weight excluding hydrogens is 234 g/mol. The maximum absolute atomic E-state index is 11.6. The van der Waals surface area contributed by atoms with E-state index in [0.29, 0.717) is 6.42 Å². The molecule has 5 N–H and O–H groups in total. The lowest BCUT2D eigenvalue weighted by Crippen LogP contribution is -2.51. The quantitative estimate of drug-likeness (QED) is 0.488. The Kier molecular flexibility index (Phi) is 6.86. The van der Waals surface area contributed by atoms with Crippen molar-refractivity contribution in [2.24, 2.45) is 11.7 Å². The Labute approximate surface area is 108 Å².